The van der Waals surface area contributed by atoms with Gasteiger partial charge in [0.2, 0.25) is 0 Å². The summed E-state index contributed by atoms with van der Waals surface area (Å²) in [5.74, 6) is 0.383. The minimum Gasteiger partial charge on any atom is -0.241 e. The largest absolute Gasteiger partial charge is 0.280 e. The quantitative estimate of drug-likeness (QED) is 0.696. The third-order valence-corrected chi connectivity index (χ3v) is 1.95. The monoisotopic (exact) mass is 200 g/mol. The number of rotatable bonds is 1. The van der Waals surface area contributed by atoms with E-state index < -0.39 is 6.43 Å². The Morgan fingerprint density at radius 1 is 1.29 bits per heavy atom. The van der Waals surface area contributed by atoms with Crippen LogP contribution in [0.5, 0.6) is 0 Å². The number of aryl methyl sites for hydroxylation is 1. The molecule has 14 heavy (non-hydrogen) atoms. The van der Waals surface area contributed by atoms with Gasteiger partial charge in [-0.2, -0.15) is 0 Å². The zero-order valence-corrected chi connectivity index (χ0v) is 8.81. The molecule has 0 aliphatic rings. The number of halogens is 2. The van der Waals surface area contributed by atoms with Crippen molar-refractivity contribution in [3.05, 3.63) is 23.3 Å². The Bertz CT molecular complexity index is 329. The van der Waals surface area contributed by atoms with Crippen LogP contribution in [-0.2, 0) is 5.41 Å². The second-order valence-electron chi connectivity index (χ2n) is 4.27. The van der Waals surface area contributed by atoms with Gasteiger partial charge in [0.1, 0.15) is 11.5 Å². The van der Waals surface area contributed by atoms with Crippen LogP contribution in [0.15, 0.2) is 6.20 Å². The van der Waals surface area contributed by atoms with Gasteiger partial charge in [-0.25, -0.2) is 18.7 Å². The summed E-state index contributed by atoms with van der Waals surface area (Å²) in [7, 11) is 0. The maximum atomic E-state index is 12.6. The molecule has 1 heterocycles. The molecule has 4 heteroatoms. The maximum absolute atomic E-state index is 12.6. The van der Waals surface area contributed by atoms with E-state index in [1.165, 1.54) is 6.20 Å². The lowest BCUT2D eigenvalue weighted by Crippen LogP contribution is -2.17. The zero-order valence-electron chi connectivity index (χ0n) is 8.81. The fraction of sp³-hybridized carbons (Fsp3) is 0.600. The van der Waals surface area contributed by atoms with Crippen LogP contribution >= 0.6 is 0 Å². The fourth-order valence-corrected chi connectivity index (χ4v) is 1.23. The first-order chi connectivity index (χ1) is 6.32. The first-order valence-electron chi connectivity index (χ1n) is 4.44. The highest BCUT2D eigenvalue weighted by molar-refractivity contribution is 5.26. The van der Waals surface area contributed by atoms with Crippen molar-refractivity contribution in [1.82, 2.24) is 9.97 Å². The lowest BCUT2D eigenvalue weighted by Gasteiger charge is -2.21. The minimum atomic E-state index is -2.54. The fourth-order valence-electron chi connectivity index (χ4n) is 1.23. The topological polar surface area (TPSA) is 25.8 Å². The van der Waals surface area contributed by atoms with Crippen LogP contribution in [-0.4, -0.2) is 9.97 Å². The van der Waals surface area contributed by atoms with Gasteiger partial charge < -0.3 is 0 Å². The van der Waals surface area contributed by atoms with E-state index in [2.05, 4.69) is 9.97 Å². The highest BCUT2D eigenvalue weighted by Gasteiger charge is 2.24. The number of alkyl halides is 2. The normalized spacial score (nSPS) is 12.2. The van der Waals surface area contributed by atoms with Crippen LogP contribution in [0.25, 0.3) is 0 Å². The summed E-state index contributed by atoms with van der Waals surface area (Å²) in [5.41, 5.74) is 0.0162. The molecule has 0 saturated carbocycles. The molecule has 0 amide bonds. The molecular formula is C10H14F2N2. The van der Waals surface area contributed by atoms with E-state index in [4.69, 9.17) is 0 Å². The van der Waals surface area contributed by atoms with Crippen molar-refractivity contribution >= 4 is 0 Å². The molecule has 0 saturated heterocycles. The Kier molecular flexibility index (Phi) is 2.83. The minimum absolute atomic E-state index is 0.148. The second kappa shape index (κ2) is 3.59. The van der Waals surface area contributed by atoms with Crippen LogP contribution in [0.1, 0.15) is 44.3 Å². The van der Waals surface area contributed by atoms with Crippen molar-refractivity contribution in [2.24, 2.45) is 0 Å². The molecule has 0 N–H and O–H groups in total. The Morgan fingerprint density at radius 3 is 2.29 bits per heavy atom. The lowest BCUT2D eigenvalue weighted by molar-refractivity contribution is 0.142. The Balaban J connectivity index is 3.29. The van der Waals surface area contributed by atoms with Gasteiger partial charge >= 0.3 is 0 Å². The van der Waals surface area contributed by atoms with E-state index >= 15 is 0 Å². The molecule has 0 bridgehead atoms. The van der Waals surface area contributed by atoms with Gasteiger partial charge in [-0.1, -0.05) is 20.8 Å². The smallest absolute Gasteiger partial charge is 0.241 e. The number of nitrogens with zero attached hydrogens (tertiary/aromatic N) is 2. The average Bonchev–Trinajstić information content (AvgIpc) is 2.01. The third-order valence-electron chi connectivity index (χ3n) is 1.95. The summed E-state index contributed by atoms with van der Waals surface area (Å²) >= 11 is 0. The number of aromatic nitrogens is 2. The predicted molar refractivity (Wildman–Crippen MR) is 50.4 cm³/mol. The average molecular weight is 200 g/mol. The second-order valence-corrected chi connectivity index (χ2v) is 4.27. The Labute approximate surface area is 82.4 Å². The molecule has 1 aromatic heterocycles. The van der Waals surface area contributed by atoms with E-state index in [1.807, 2.05) is 20.8 Å². The molecule has 1 aromatic rings. The molecule has 78 valence electrons. The SMILES string of the molecule is Cc1ncc(C(C)(C)C)c(C(F)F)n1. The van der Waals surface area contributed by atoms with Gasteiger partial charge in [-0.3, -0.25) is 0 Å². The lowest BCUT2D eigenvalue weighted by atomic mass is 9.87. The summed E-state index contributed by atoms with van der Waals surface area (Å²) in [6, 6.07) is 0. The van der Waals surface area contributed by atoms with E-state index in [0.29, 0.717) is 11.4 Å². The van der Waals surface area contributed by atoms with E-state index in [-0.39, 0.29) is 11.1 Å². The summed E-state index contributed by atoms with van der Waals surface area (Å²) in [5, 5.41) is 0. The van der Waals surface area contributed by atoms with E-state index in [9.17, 15) is 8.78 Å². The molecule has 0 fully saturated rings. The highest BCUT2D eigenvalue weighted by Crippen LogP contribution is 2.29. The first kappa shape index (κ1) is 11.0. The van der Waals surface area contributed by atoms with Crippen LogP contribution < -0.4 is 0 Å². The first-order valence-corrected chi connectivity index (χ1v) is 4.44. The van der Waals surface area contributed by atoms with Gasteiger partial charge in [0, 0.05) is 11.8 Å². The van der Waals surface area contributed by atoms with Crippen molar-refractivity contribution < 1.29 is 8.78 Å². The van der Waals surface area contributed by atoms with Crippen molar-refractivity contribution in [3.8, 4) is 0 Å². The van der Waals surface area contributed by atoms with Gasteiger partial charge in [-0.15, -0.1) is 0 Å². The van der Waals surface area contributed by atoms with Gasteiger partial charge in [0.25, 0.3) is 6.43 Å². The Morgan fingerprint density at radius 2 is 1.86 bits per heavy atom. The van der Waals surface area contributed by atoms with Crippen LogP contribution in [0.4, 0.5) is 8.78 Å². The van der Waals surface area contributed by atoms with E-state index in [1.54, 1.807) is 6.92 Å². The van der Waals surface area contributed by atoms with Crippen LogP contribution in [0.2, 0.25) is 0 Å². The van der Waals surface area contributed by atoms with Crippen molar-refractivity contribution in [1.29, 1.82) is 0 Å². The third kappa shape index (κ3) is 2.25. The van der Waals surface area contributed by atoms with Crippen LogP contribution in [0, 0.1) is 6.92 Å². The van der Waals surface area contributed by atoms with Crippen molar-refractivity contribution in [2.75, 3.05) is 0 Å². The standard InChI is InChI=1S/C10H14F2N2/c1-6-13-5-7(10(2,3)4)8(14-6)9(11)12/h5,9H,1-4H3. The molecule has 0 aliphatic carbocycles. The summed E-state index contributed by atoms with van der Waals surface area (Å²) in [6.07, 6.45) is -1.05. The molecular weight excluding hydrogens is 186 g/mol. The number of hydrogen-bond donors (Lipinski definition) is 0. The summed E-state index contributed by atoms with van der Waals surface area (Å²) in [4.78, 5) is 7.72. The predicted octanol–water partition coefficient (Wildman–Crippen LogP) is 3.02. The molecule has 0 radical (unpaired) electrons. The molecule has 2 nitrogen and oxygen atoms in total. The molecule has 0 spiro atoms. The molecule has 0 aromatic carbocycles. The van der Waals surface area contributed by atoms with Gasteiger partial charge in [0.05, 0.1) is 0 Å². The van der Waals surface area contributed by atoms with Gasteiger partial charge in [-0.05, 0) is 12.3 Å². The van der Waals surface area contributed by atoms with Crippen molar-refractivity contribution in [2.45, 2.75) is 39.5 Å². The molecule has 1 rings (SSSR count). The highest BCUT2D eigenvalue weighted by atomic mass is 19.3. The molecule has 0 atom stereocenters. The number of hydrogen-bond acceptors (Lipinski definition) is 2. The zero-order chi connectivity index (χ0) is 10.9. The van der Waals surface area contributed by atoms with Crippen LogP contribution in [0.3, 0.4) is 0 Å². The summed E-state index contributed by atoms with van der Waals surface area (Å²) in [6.45, 7) is 7.21. The summed E-state index contributed by atoms with van der Waals surface area (Å²) < 4.78 is 25.3. The maximum Gasteiger partial charge on any atom is 0.280 e. The van der Waals surface area contributed by atoms with Crippen molar-refractivity contribution in [3.63, 3.8) is 0 Å². The molecule has 0 aliphatic heterocycles. The van der Waals surface area contributed by atoms with Gasteiger partial charge in [0.15, 0.2) is 0 Å². The van der Waals surface area contributed by atoms with E-state index in [0.717, 1.165) is 0 Å². The Hall–Kier alpha value is -1.06. The molecule has 0 unspecified atom stereocenters.